The Morgan fingerprint density at radius 3 is 2.62 bits per heavy atom. The summed E-state index contributed by atoms with van der Waals surface area (Å²) in [6.45, 7) is 4.89. The first-order chi connectivity index (χ1) is 7.69. The molecule has 0 saturated heterocycles. The molecule has 1 atom stereocenters. The van der Waals surface area contributed by atoms with Gasteiger partial charge in [0.25, 0.3) is 0 Å². The van der Waals surface area contributed by atoms with Crippen LogP contribution in [-0.2, 0) is 0 Å². The molecule has 0 aliphatic rings. The number of hydrogen-bond donors (Lipinski definition) is 1. The minimum absolute atomic E-state index is 0.0720. The van der Waals surface area contributed by atoms with Gasteiger partial charge in [-0.2, -0.15) is 0 Å². The lowest BCUT2D eigenvalue weighted by molar-refractivity contribution is 0.317. The Hall–Kier alpha value is -0.730. The molecule has 0 aliphatic carbocycles. The Kier molecular flexibility index (Phi) is 5.64. The van der Waals surface area contributed by atoms with Gasteiger partial charge >= 0.3 is 0 Å². The monoisotopic (exact) mass is 241 g/mol. The second-order valence-corrected chi connectivity index (χ2v) is 4.34. The number of rotatable bonds is 6. The van der Waals surface area contributed by atoms with Crippen LogP contribution in [0.4, 0.5) is 0 Å². The lowest BCUT2D eigenvalue weighted by Gasteiger charge is -2.13. The van der Waals surface area contributed by atoms with Crippen LogP contribution in [0.2, 0.25) is 5.02 Å². The van der Waals surface area contributed by atoms with Crippen molar-refractivity contribution in [1.82, 2.24) is 0 Å². The van der Waals surface area contributed by atoms with Crippen LogP contribution < -0.4 is 10.5 Å². The molecule has 90 valence electrons. The van der Waals surface area contributed by atoms with E-state index in [0.717, 1.165) is 30.6 Å². The topological polar surface area (TPSA) is 35.2 Å². The lowest BCUT2D eigenvalue weighted by atomic mass is 10.0. The van der Waals surface area contributed by atoms with E-state index in [2.05, 4.69) is 13.8 Å². The van der Waals surface area contributed by atoms with Gasteiger partial charge in [0.15, 0.2) is 0 Å². The van der Waals surface area contributed by atoms with Crippen molar-refractivity contribution in [2.24, 2.45) is 5.73 Å². The molecule has 2 nitrogen and oxygen atoms in total. The van der Waals surface area contributed by atoms with Crippen molar-refractivity contribution in [2.45, 2.75) is 39.2 Å². The molecule has 0 saturated carbocycles. The molecule has 0 fully saturated rings. The zero-order chi connectivity index (χ0) is 12.0. The van der Waals surface area contributed by atoms with Gasteiger partial charge in [0.05, 0.1) is 11.6 Å². The highest BCUT2D eigenvalue weighted by Gasteiger charge is 2.08. The Morgan fingerprint density at radius 2 is 2.06 bits per heavy atom. The first-order valence-electron chi connectivity index (χ1n) is 5.86. The van der Waals surface area contributed by atoms with Gasteiger partial charge in [0.1, 0.15) is 5.75 Å². The van der Waals surface area contributed by atoms with Gasteiger partial charge in [0, 0.05) is 6.04 Å². The van der Waals surface area contributed by atoms with Crippen molar-refractivity contribution in [2.75, 3.05) is 6.61 Å². The Balaban J connectivity index is 2.73. The molecule has 0 heterocycles. The maximum absolute atomic E-state index is 6.13. The predicted molar refractivity (Wildman–Crippen MR) is 69.1 cm³/mol. The number of nitrogens with two attached hydrogens (primary N) is 1. The molecule has 2 N–H and O–H groups in total. The van der Waals surface area contributed by atoms with Crippen LogP contribution in [0, 0.1) is 0 Å². The standard InChI is InChI=1S/C13H20ClNO/c1-3-5-12(15)10-6-7-13(11(14)9-10)16-8-4-2/h6-7,9,12H,3-5,8,15H2,1-2H3/t12-/m0/s1. The van der Waals surface area contributed by atoms with Crippen LogP contribution in [0.5, 0.6) is 5.75 Å². The van der Waals surface area contributed by atoms with Crippen LogP contribution in [0.3, 0.4) is 0 Å². The first kappa shape index (κ1) is 13.3. The van der Waals surface area contributed by atoms with Gasteiger partial charge in [-0.25, -0.2) is 0 Å². The van der Waals surface area contributed by atoms with E-state index < -0.39 is 0 Å². The highest BCUT2D eigenvalue weighted by molar-refractivity contribution is 6.32. The molecule has 0 radical (unpaired) electrons. The highest BCUT2D eigenvalue weighted by Crippen LogP contribution is 2.28. The molecule has 16 heavy (non-hydrogen) atoms. The molecule has 0 aliphatic heterocycles. The fourth-order valence-electron chi connectivity index (χ4n) is 1.55. The van der Waals surface area contributed by atoms with Crippen LogP contribution in [0.25, 0.3) is 0 Å². The molecule has 1 aromatic carbocycles. The third kappa shape index (κ3) is 3.69. The average molecular weight is 242 g/mol. The minimum Gasteiger partial charge on any atom is -0.492 e. The number of hydrogen-bond acceptors (Lipinski definition) is 2. The molecule has 0 unspecified atom stereocenters. The summed E-state index contributed by atoms with van der Waals surface area (Å²) in [5.74, 6) is 0.746. The normalized spacial score (nSPS) is 12.5. The van der Waals surface area contributed by atoms with Crippen LogP contribution in [0.1, 0.15) is 44.7 Å². The Bertz CT molecular complexity index is 328. The molecular weight excluding hydrogens is 222 g/mol. The smallest absolute Gasteiger partial charge is 0.137 e. The zero-order valence-corrected chi connectivity index (χ0v) is 10.8. The lowest BCUT2D eigenvalue weighted by Crippen LogP contribution is -2.09. The van der Waals surface area contributed by atoms with E-state index in [4.69, 9.17) is 22.1 Å². The van der Waals surface area contributed by atoms with E-state index in [9.17, 15) is 0 Å². The van der Waals surface area contributed by atoms with Crippen molar-refractivity contribution in [3.8, 4) is 5.75 Å². The molecule has 0 bridgehead atoms. The van der Waals surface area contributed by atoms with Crippen molar-refractivity contribution >= 4 is 11.6 Å². The summed E-state index contributed by atoms with van der Waals surface area (Å²) in [4.78, 5) is 0. The van der Waals surface area contributed by atoms with Crippen molar-refractivity contribution in [3.63, 3.8) is 0 Å². The summed E-state index contributed by atoms with van der Waals surface area (Å²) in [7, 11) is 0. The Labute approximate surface area is 103 Å². The fraction of sp³-hybridized carbons (Fsp3) is 0.538. The molecule has 3 heteroatoms. The Morgan fingerprint density at radius 1 is 1.31 bits per heavy atom. The second kappa shape index (κ2) is 6.77. The number of ether oxygens (including phenoxy) is 1. The maximum Gasteiger partial charge on any atom is 0.137 e. The average Bonchev–Trinajstić information content (AvgIpc) is 2.27. The van der Waals surface area contributed by atoms with Crippen molar-refractivity contribution in [3.05, 3.63) is 28.8 Å². The zero-order valence-electron chi connectivity index (χ0n) is 10.0. The largest absolute Gasteiger partial charge is 0.492 e. The van der Waals surface area contributed by atoms with Gasteiger partial charge in [-0.3, -0.25) is 0 Å². The maximum atomic E-state index is 6.13. The van der Waals surface area contributed by atoms with Gasteiger partial charge < -0.3 is 10.5 Å². The summed E-state index contributed by atoms with van der Waals surface area (Å²) in [6.07, 6.45) is 3.03. The number of halogens is 1. The van der Waals surface area contributed by atoms with Crippen LogP contribution >= 0.6 is 11.6 Å². The quantitative estimate of drug-likeness (QED) is 0.819. The van der Waals surface area contributed by atoms with Crippen LogP contribution in [0.15, 0.2) is 18.2 Å². The summed E-state index contributed by atoms with van der Waals surface area (Å²) < 4.78 is 5.51. The highest BCUT2D eigenvalue weighted by atomic mass is 35.5. The molecular formula is C13H20ClNO. The fourth-order valence-corrected chi connectivity index (χ4v) is 1.80. The molecule has 1 rings (SSSR count). The van der Waals surface area contributed by atoms with Crippen LogP contribution in [-0.4, -0.2) is 6.61 Å². The van der Waals surface area contributed by atoms with E-state index in [1.54, 1.807) is 0 Å². The van der Waals surface area contributed by atoms with Gasteiger partial charge in [-0.15, -0.1) is 0 Å². The second-order valence-electron chi connectivity index (χ2n) is 3.93. The van der Waals surface area contributed by atoms with Gasteiger partial charge in [-0.05, 0) is 30.5 Å². The third-order valence-electron chi connectivity index (χ3n) is 2.45. The summed E-state index contributed by atoms with van der Waals surface area (Å²) >= 11 is 6.13. The first-order valence-corrected chi connectivity index (χ1v) is 6.24. The summed E-state index contributed by atoms with van der Waals surface area (Å²) in [5.41, 5.74) is 7.10. The minimum atomic E-state index is 0.0720. The van der Waals surface area contributed by atoms with Crippen molar-refractivity contribution < 1.29 is 4.74 Å². The van der Waals surface area contributed by atoms with Crippen molar-refractivity contribution in [1.29, 1.82) is 0 Å². The van der Waals surface area contributed by atoms with E-state index in [1.807, 2.05) is 18.2 Å². The van der Waals surface area contributed by atoms with E-state index in [-0.39, 0.29) is 6.04 Å². The number of benzene rings is 1. The van der Waals surface area contributed by atoms with Gasteiger partial charge in [-0.1, -0.05) is 37.9 Å². The molecule has 0 aromatic heterocycles. The molecule has 0 spiro atoms. The van der Waals surface area contributed by atoms with E-state index in [0.29, 0.717) is 11.6 Å². The summed E-state index contributed by atoms with van der Waals surface area (Å²) in [5, 5.41) is 0.650. The van der Waals surface area contributed by atoms with E-state index >= 15 is 0 Å². The SMILES string of the molecule is CCCOc1ccc([C@@H](N)CCC)cc1Cl. The molecule has 0 amide bonds. The summed E-state index contributed by atoms with van der Waals surface area (Å²) in [6, 6.07) is 5.88. The van der Waals surface area contributed by atoms with Gasteiger partial charge in [0.2, 0.25) is 0 Å². The third-order valence-corrected chi connectivity index (χ3v) is 2.74. The van der Waals surface area contributed by atoms with E-state index in [1.165, 1.54) is 0 Å². The predicted octanol–water partition coefficient (Wildman–Crippen LogP) is 3.93. The molecule has 1 aromatic rings.